The van der Waals surface area contributed by atoms with Gasteiger partial charge in [-0.25, -0.2) is 0 Å². The molecule has 3 heteroatoms. The number of aliphatic hydroxyl groups is 1. The van der Waals surface area contributed by atoms with E-state index in [1.807, 2.05) is 6.07 Å². The molecule has 0 aromatic heterocycles. The maximum atomic E-state index is 9.63. The van der Waals surface area contributed by atoms with Gasteiger partial charge in [0, 0.05) is 5.02 Å². The van der Waals surface area contributed by atoms with Gasteiger partial charge in [0.05, 0.1) is 18.1 Å². The molecular formula is C10H10ClNO. The number of hydrogen-bond acceptors (Lipinski definition) is 2. The van der Waals surface area contributed by atoms with Gasteiger partial charge in [-0.05, 0) is 24.6 Å². The number of benzene rings is 1. The van der Waals surface area contributed by atoms with Crippen LogP contribution in [0.15, 0.2) is 24.3 Å². The lowest BCUT2D eigenvalue weighted by Crippen LogP contribution is -2.06. The molecule has 2 unspecified atom stereocenters. The normalized spacial score (nSPS) is 14.6. The summed E-state index contributed by atoms with van der Waals surface area (Å²) in [5.74, 6) is -0.418. The van der Waals surface area contributed by atoms with Gasteiger partial charge in [-0.2, -0.15) is 5.26 Å². The summed E-state index contributed by atoms with van der Waals surface area (Å²) in [6, 6.07) is 8.90. The van der Waals surface area contributed by atoms with Crippen molar-refractivity contribution in [3.63, 3.8) is 0 Å². The van der Waals surface area contributed by atoms with Gasteiger partial charge in [-0.15, -0.1) is 0 Å². The number of halogens is 1. The zero-order chi connectivity index (χ0) is 9.84. The fraction of sp³-hybridized carbons (Fsp3) is 0.300. The maximum absolute atomic E-state index is 9.63. The summed E-state index contributed by atoms with van der Waals surface area (Å²) in [5.41, 5.74) is 0.682. The Labute approximate surface area is 82.4 Å². The first-order valence-electron chi connectivity index (χ1n) is 3.98. The molecule has 0 aliphatic rings. The lowest BCUT2D eigenvalue weighted by atomic mass is 9.99. The van der Waals surface area contributed by atoms with Crippen LogP contribution in [0.4, 0.5) is 0 Å². The highest BCUT2D eigenvalue weighted by Crippen LogP contribution is 2.23. The van der Waals surface area contributed by atoms with Gasteiger partial charge in [0.2, 0.25) is 0 Å². The standard InChI is InChI=1S/C10H10ClNO/c1-7(6-12)10(13)8-3-2-4-9(11)5-8/h2-5,7,10,13H,1H3. The zero-order valence-corrected chi connectivity index (χ0v) is 7.99. The zero-order valence-electron chi connectivity index (χ0n) is 7.24. The van der Waals surface area contributed by atoms with Crippen molar-refractivity contribution in [3.05, 3.63) is 34.9 Å². The van der Waals surface area contributed by atoms with Crippen LogP contribution in [-0.4, -0.2) is 5.11 Å². The van der Waals surface area contributed by atoms with Gasteiger partial charge in [0.25, 0.3) is 0 Å². The van der Waals surface area contributed by atoms with E-state index in [2.05, 4.69) is 0 Å². The van der Waals surface area contributed by atoms with Crippen molar-refractivity contribution in [1.82, 2.24) is 0 Å². The molecule has 0 spiro atoms. The first-order chi connectivity index (χ1) is 6.15. The van der Waals surface area contributed by atoms with Crippen molar-refractivity contribution >= 4 is 11.6 Å². The molecule has 0 fully saturated rings. The first-order valence-corrected chi connectivity index (χ1v) is 4.36. The predicted octanol–water partition coefficient (Wildman–Crippen LogP) is 2.53. The van der Waals surface area contributed by atoms with Crippen LogP contribution in [0.1, 0.15) is 18.6 Å². The molecule has 1 N–H and O–H groups in total. The van der Waals surface area contributed by atoms with E-state index < -0.39 is 12.0 Å². The molecular weight excluding hydrogens is 186 g/mol. The van der Waals surface area contributed by atoms with E-state index in [0.29, 0.717) is 10.6 Å². The van der Waals surface area contributed by atoms with Crippen molar-refractivity contribution < 1.29 is 5.11 Å². The molecule has 1 rings (SSSR count). The van der Waals surface area contributed by atoms with E-state index in [0.717, 1.165) is 0 Å². The highest BCUT2D eigenvalue weighted by Gasteiger charge is 2.15. The van der Waals surface area contributed by atoms with Gasteiger partial charge in [-0.3, -0.25) is 0 Å². The van der Waals surface area contributed by atoms with Crippen LogP contribution in [0.5, 0.6) is 0 Å². The molecule has 13 heavy (non-hydrogen) atoms. The van der Waals surface area contributed by atoms with Gasteiger partial charge in [-0.1, -0.05) is 23.7 Å². The van der Waals surface area contributed by atoms with Crippen LogP contribution >= 0.6 is 11.6 Å². The summed E-state index contributed by atoms with van der Waals surface area (Å²) in [6.07, 6.45) is -0.760. The van der Waals surface area contributed by atoms with E-state index >= 15 is 0 Å². The van der Waals surface area contributed by atoms with E-state index in [4.69, 9.17) is 16.9 Å². The fourth-order valence-corrected chi connectivity index (χ4v) is 1.25. The van der Waals surface area contributed by atoms with Gasteiger partial charge < -0.3 is 5.11 Å². The van der Waals surface area contributed by atoms with Gasteiger partial charge in [0.1, 0.15) is 0 Å². The van der Waals surface area contributed by atoms with Crippen LogP contribution in [0.25, 0.3) is 0 Å². The molecule has 0 amide bonds. The number of aliphatic hydroxyl groups excluding tert-OH is 1. The Morgan fingerprint density at radius 3 is 2.77 bits per heavy atom. The second kappa shape index (κ2) is 4.27. The summed E-state index contributed by atoms with van der Waals surface area (Å²) in [4.78, 5) is 0. The van der Waals surface area contributed by atoms with Crippen molar-refractivity contribution in [2.75, 3.05) is 0 Å². The molecule has 1 aromatic rings. The van der Waals surface area contributed by atoms with Crippen LogP contribution in [0.3, 0.4) is 0 Å². The maximum Gasteiger partial charge on any atom is 0.0945 e. The molecule has 0 saturated heterocycles. The lowest BCUT2D eigenvalue weighted by molar-refractivity contribution is 0.143. The van der Waals surface area contributed by atoms with Crippen LogP contribution in [0, 0.1) is 17.2 Å². The van der Waals surface area contributed by atoms with E-state index in [9.17, 15) is 5.11 Å². The predicted molar refractivity (Wildman–Crippen MR) is 51.2 cm³/mol. The Bertz CT molecular complexity index is 332. The highest BCUT2D eigenvalue weighted by molar-refractivity contribution is 6.30. The molecule has 2 atom stereocenters. The molecule has 0 bridgehead atoms. The summed E-state index contributed by atoms with van der Waals surface area (Å²) >= 11 is 5.74. The average molecular weight is 196 g/mol. The Morgan fingerprint density at radius 2 is 2.23 bits per heavy atom. The summed E-state index contributed by atoms with van der Waals surface area (Å²) in [5, 5.41) is 18.8. The molecule has 0 heterocycles. The molecule has 0 aliphatic heterocycles. The minimum atomic E-state index is -0.760. The SMILES string of the molecule is CC(C#N)C(O)c1cccc(Cl)c1. The van der Waals surface area contributed by atoms with Crippen molar-refractivity contribution in [2.45, 2.75) is 13.0 Å². The minimum absolute atomic E-state index is 0.418. The highest BCUT2D eigenvalue weighted by atomic mass is 35.5. The number of nitrogens with zero attached hydrogens (tertiary/aromatic N) is 1. The minimum Gasteiger partial charge on any atom is -0.387 e. The van der Waals surface area contributed by atoms with Crippen LogP contribution in [0.2, 0.25) is 5.02 Å². The second-order valence-electron chi connectivity index (χ2n) is 2.92. The Hall–Kier alpha value is -1.04. The summed E-state index contributed by atoms with van der Waals surface area (Å²) < 4.78 is 0. The topological polar surface area (TPSA) is 44.0 Å². The van der Waals surface area contributed by atoms with E-state index in [1.54, 1.807) is 31.2 Å². The van der Waals surface area contributed by atoms with Crippen LogP contribution in [-0.2, 0) is 0 Å². The molecule has 0 aliphatic carbocycles. The largest absolute Gasteiger partial charge is 0.387 e. The van der Waals surface area contributed by atoms with Gasteiger partial charge >= 0.3 is 0 Å². The Balaban J connectivity index is 2.90. The third-order valence-corrected chi connectivity index (χ3v) is 2.10. The second-order valence-corrected chi connectivity index (χ2v) is 3.35. The quantitative estimate of drug-likeness (QED) is 0.788. The summed E-state index contributed by atoms with van der Waals surface area (Å²) in [7, 11) is 0. The third kappa shape index (κ3) is 2.45. The molecule has 0 saturated carbocycles. The summed E-state index contributed by atoms with van der Waals surface area (Å²) in [6.45, 7) is 1.67. The van der Waals surface area contributed by atoms with Crippen molar-refractivity contribution in [3.8, 4) is 6.07 Å². The Morgan fingerprint density at radius 1 is 1.54 bits per heavy atom. The van der Waals surface area contributed by atoms with Crippen molar-refractivity contribution in [1.29, 1.82) is 5.26 Å². The molecule has 2 nitrogen and oxygen atoms in total. The number of hydrogen-bond donors (Lipinski definition) is 1. The molecule has 1 aromatic carbocycles. The van der Waals surface area contributed by atoms with Crippen molar-refractivity contribution in [2.24, 2.45) is 5.92 Å². The fourth-order valence-electron chi connectivity index (χ4n) is 1.05. The number of nitriles is 1. The van der Waals surface area contributed by atoms with E-state index in [1.165, 1.54) is 0 Å². The lowest BCUT2D eigenvalue weighted by Gasteiger charge is -2.12. The number of rotatable bonds is 2. The smallest absolute Gasteiger partial charge is 0.0945 e. The Kier molecular flexibility index (Phi) is 3.30. The first kappa shape index (κ1) is 10.0. The molecule has 0 radical (unpaired) electrons. The average Bonchev–Trinajstić information content (AvgIpc) is 2.15. The molecule has 68 valence electrons. The monoisotopic (exact) mass is 195 g/mol. The third-order valence-electron chi connectivity index (χ3n) is 1.87. The van der Waals surface area contributed by atoms with Gasteiger partial charge in [0.15, 0.2) is 0 Å². The van der Waals surface area contributed by atoms with Crippen LogP contribution < -0.4 is 0 Å². The van der Waals surface area contributed by atoms with E-state index in [-0.39, 0.29) is 0 Å².